The highest BCUT2D eigenvalue weighted by atomic mass is 16.5. The Balaban J connectivity index is 1.61. The highest BCUT2D eigenvalue weighted by molar-refractivity contribution is 5.99. The summed E-state index contributed by atoms with van der Waals surface area (Å²) in [4.78, 5) is 40.7. The van der Waals surface area contributed by atoms with Crippen molar-refractivity contribution >= 4 is 22.6 Å². The molecule has 7 nitrogen and oxygen atoms in total. The number of benzene rings is 2. The Morgan fingerprint density at radius 3 is 2.39 bits per heavy atom. The molecule has 1 aliphatic carbocycles. The summed E-state index contributed by atoms with van der Waals surface area (Å²) in [6.45, 7) is 2.58. The number of nitrogens with zero attached hydrogens (tertiary/aromatic N) is 2. The summed E-state index contributed by atoms with van der Waals surface area (Å²) in [5.41, 5.74) is 0.402. The van der Waals surface area contributed by atoms with E-state index >= 15 is 0 Å². The van der Waals surface area contributed by atoms with Crippen LogP contribution in [-0.2, 0) is 6.54 Å². The number of rotatable bonds is 7. The maximum atomic E-state index is 13.3. The maximum absolute atomic E-state index is 13.3. The molecule has 0 bridgehead atoms. The number of nitrogens with one attached hydrogen (secondary N) is 1. The van der Waals surface area contributed by atoms with Gasteiger partial charge in [-0.1, -0.05) is 37.5 Å². The van der Waals surface area contributed by atoms with Gasteiger partial charge in [-0.2, -0.15) is 0 Å². The second-order valence-corrected chi connectivity index (χ2v) is 9.98. The lowest BCUT2D eigenvalue weighted by molar-refractivity contribution is 0.0825. The van der Waals surface area contributed by atoms with Crippen LogP contribution >= 0.6 is 0 Å². The third kappa shape index (κ3) is 5.61. The lowest BCUT2D eigenvalue weighted by atomic mass is 9.89. The fourth-order valence-corrected chi connectivity index (χ4v) is 4.96. The van der Waals surface area contributed by atoms with Crippen molar-refractivity contribution in [3.63, 3.8) is 0 Å². The maximum Gasteiger partial charge on any atom is 0.258 e. The van der Waals surface area contributed by atoms with E-state index in [0.717, 1.165) is 34.9 Å². The summed E-state index contributed by atoms with van der Waals surface area (Å²) in [6, 6.07) is 11.5. The summed E-state index contributed by atoms with van der Waals surface area (Å²) < 4.78 is 7.15. The minimum absolute atomic E-state index is 0.00381. The largest absolute Gasteiger partial charge is 0.497 e. The summed E-state index contributed by atoms with van der Waals surface area (Å²) >= 11 is 0. The summed E-state index contributed by atoms with van der Waals surface area (Å²) in [5, 5.41) is 5.03. The number of hydrogen-bond donors (Lipinski definition) is 1. The zero-order chi connectivity index (χ0) is 25.8. The molecular formula is C29H35N3O4. The molecule has 0 spiro atoms. The number of carbonyl (C=O) groups is 2. The number of aromatic nitrogens is 1. The fraction of sp³-hybridized carbons (Fsp3) is 0.414. The fourth-order valence-electron chi connectivity index (χ4n) is 4.96. The minimum Gasteiger partial charge on any atom is -0.497 e. The van der Waals surface area contributed by atoms with E-state index in [-0.39, 0.29) is 17.2 Å². The quantitative estimate of drug-likeness (QED) is 0.518. The average Bonchev–Trinajstić information content (AvgIpc) is 2.88. The van der Waals surface area contributed by atoms with E-state index in [1.165, 1.54) is 24.2 Å². The zero-order valence-electron chi connectivity index (χ0n) is 21.5. The molecule has 2 aromatic carbocycles. The molecule has 1 atom stereocenters. The van der Waals surface area contributed by atoms with E-state index in [9.17, 15) is 14.4 Å². The third-order valence-electron chi connectivity index (χ3n) is 7.07. The van der Waals surface area contributed by atoms with E-state index in [1.807, 2.05) is 47.9 Å². The van der Waals surface area contributed by atoms with Gasteiger partial charge in [0.05, 0.1) is 13.2 Å². The van der Waals surface area contributed by atoms with Gasteiger partial charge in [-0.05, 0) is 60.2 Å². The lowest BCUT2D eigenvalue weighted by Crippen LogP contribution is -2.36. The molecule has 1 aromatic heterocycles. The molecule has 0 saturated heterocycles. The van der Waals surface area contributed by atoms with Gasteiger partial charge in [0.1, 0.15) is 16.9 Å². The summed E-state index contributed by atoms with van der Waals surface area (Å²) in [6.07, 6.45) is 9.09. The molecule has 1 heterocycles. The molecule has 0 radical (unpaired) electrons. The van der Waals surface area contributed by atoms with E-state index < -0.39 is 17.2 Å². The van der Waals surface area contributed by atoms with E-state index in [2.05, 4.69) is 5.32 Å². The zero-order valence-corrected chi connectivity index (χ0v) is 21.5. The number of ether oxygens (including phenoxy) is 1. The molecular weight excluding hydrogens is 454 g/mol. The van der Waals surface area contributed by atoms with Gasteiger partial charge in [0.25, 0.3) is 11.8 Å². The number of amides is 2. The van der Waals surface area contributed by atoms with Crippen LogP contribution in [0.15, 0.2) is 53.6 Å². The number of methoxy groups -OCH3 is 1. The Bertz CT molecular complexity index is 1320. The van der Waals surface area contributed by atoms with Crippen LogP contribution in [0.4, 0.5) is 0 Å². The molecule has 190 valence electrons. The molecule has 4 rings (SSSR count). The first kappa shape index (κ1) is 25.5. The van der Waals surface area contributed by atoms with Crippen LogP contribution in [0.2, 0.25) is 0 Å². The Hall–Kier alpha value is -3.61. The molecule has 7 heteroatoms. The normalized spacial score (nSPS) is 14.9. The minimum atomic E-state index is -0.538. The number of pyridine rings is 1. The molecule has 1 unspecified atom stereocenters. The first-order chi connectivity index (χ1) is 17.3. The third-order valence-corrected chi connectivity index (χ3v) is 7.07. The molecule has 1 saturated carbocycles. The second kappa shape index (κ2) is 11.0. The Labute approximate surface area is 212 Å². The Morgan fingerprint density at radius 1 is 1.03 bits per heavy atom. The van der Waals surface area contributed by atoms with Crippen LogP contribution in [0.1, 0.15) is 71.3 Å². The topological polar surface area (TPSA) is 80.6 Å². The van der Waals surface area contributed by atoms with Crippen molar-refractivity contribution in [3.05, 3.63) is 75.7 Å². The van der Waals surface area contributed by atoms with Crippen molar-refractivity contribution < 1.29 is 14.3 Å². The molecule has 1 N–H and O–H groups in total. The average molecular weight is 490 g/mol. The smallest absolute Gasteiger partial charge is 0.258 e. The molecule has 36 heavy (non-hydrogen) atoms. The van der Waals surface area contributed by atoms with Crippen molar-refractivity contribution in [2.24, 2.45) is 5.92 Å². The monoisotopic (exact) mass is 489 g/mol. The van der Waals surface area contributed by atoms with Crippen LogP contribution < -0.4 is 15.5 Å². The molecule has 2 amide bonds. The van der Waals surface area contributed by atoms with Crippen LogP contribution in [0.5, 0.6) is 5.75 Å². The first-order valence-corrected chi connectivity index (χ1v) is 12.6. The van der Waals surface area contributed by atoms with Crippen LogP contribution in [-0.4, -0.2) is 42.5 Å². The lowest BCUT2D eigenvalue weighted by Gasteiger charge is -2.24. The van der Waals surface area contributed by atoms with Gasteiger partial charge in [0.15, 0.2) is 0 Å². The van der Waals surface area contributed by atoms with Gasteiger partial charge in [-0.25, -0.2) is 0 Å². The standard InChI is InChI=1S/C29H35N3O4/c1-19(21-10-11-23-15-24(36-4)13-12-22(23)14-21)30-28(34)25-17-32(16-20-8-6-5-7-9-20)18-26(27(25)33)29(35)31(2)3/h10-15,17-20H,5-9,16H2,1-4H3,(H,30,34). The van der Waals surface area contributed by atoms with Crippen molar-refractivity contribution in [1.29, 1.82) is 0 Å². The predicted molar refractivity (Wildman–Crippen MR) is 142 cm³/mol. The molecule has 0 aliphatic heterocycles. The van der Waals surface area contributed by atoms with Gasteiger partial charge < -0.3 is 19.5 Å². The van der Waals surface area contributed by atoms with Crippen LogP contribution in [0.25, 0.3) is 10.8 Å². The van der Waals surface area contributed by atoms with Crippen molar-refractivity contribution in [3.8, 4) is 5.75 Å². The molecule has 1 aliphatic rings. The van der Waals surface area contributed by atoms with Crippen LogP contribution in [0.3, 0.4) is 0 Å². The summed E-state index contributed by atoms with van der Waals surface area (Å²) in [7, 11) is 4.85. The predicted octanol–water partition coefficient (Wildman–Crippen LogP) is 4.78. The first-order valence-electron chi connectivity index (χ1n) is 12.6. The van der Waals surface area contributed by atoms with E-state index in [1.54, 1.807) is 33.6 Å². The summed E-state index contributed by atoms with van der Waals surface area (Å²) in [5.74, 6) is 0.390. The van der Waals surface area contributed by atoms with Gasteiger partial charge in [0.2, 0.25) is 5.43 Å². The highest BCUT2D eigenvalue weighted by Gasteiger charge is 2.23. The van der Waals surface area contributed by atoms with Crippen molar-refractivity contribution in [1.82, 2.24) is 14.8 Å². The number of carbonyl (C=O) groups excluding carboxylic acids is 2. The van der Waals surface area contributed by atoms with E-state index in [0.29, 0.717) is 12.5 Å². The number of hydrogen-bond acceptors (Lipinski definition) is 4. The highest BCUT2D eigenvalue weighted by Crippen LogP contribution is 2.26. The molecule has 1 fully saturated rings. The second-order valence-electron chi connectivity index (χ2n) is 9.98. The number of fused-ring (bicyclic) bond motifs is 1. The van der Waals surface area contributed by atoms with Crippen LogP contribution in [0, 0.1) is 5.92 Å². The Morgan fingerprint density at radius 2 is 1.69 bits per heavy atom. The van der Waals surface area contributed by atoms with Crippen molar-refractivity contribution in [2.75, 3.05) is 21.2 Å². The van der Waals surface area contributed by atoms with Gasteiger partial charge in [-0.15, -0.1) is 0 Å². The Kier molecular flexibility index (Phi) is 7.77. The van der Waals surface area contributed by atoms with Crippen molar-refractivity contribution in [2.45, 2.75) is 51.6 Å². The van der Waals surface area contributed by atoms with E-state index in [4.69, 9.17) is 4.74 Å². The SMILES string of the molecule is COc1ccc2cc(C(C)NC(=O)c3cn(CC4CCCCC4)cc(C(=O)N(C)C)c3=O)ccc2c1. The van der Waals surface area contributed by atoms with Gasteiger partial charge in [-0.3, -0.25) is 14.4 Å². The molecule has 3 aromatic rings. The van der Waals surface area contributed by atoms with Gasteiger partial charge >= 0.3 is 0 Å². The van der Waals surface area contributed by atoms with Gasteiger partial charge in [0, 0.05) is 33.0 Å².